The summed E-state index contributed by atoms with van der Waals surface area (Å²) in [7, 11) is 1.49. The molecule has 7 nitrogen and oxygen atoms in total. The van der Waals surface area contributed by atoms with Crippen LogP contribution in [0.2, 0.25) is 0 Å². The number of methoxy groups -OCH3 is 1. The minimum atomic E-state index is -2.94. The van der Waals surface area contributed by atoms with E-state index in [1.165, 1.54) is 31.5 Å². The van der Waals surface area contributed by atoms with Crippen molar-refractivity contribution in [2.45, 2.75) is 30.9 Å². The molecule has 10 heteroatoms. The van der Waals surface area contributed by atoms with E-state index in [2.05, 4.69) is 19.9 Å². The van der Waals surface area contributed by atoms with E-state index in [0.29, 0.717) is 34.6 Å². The predicted octanol–water partition coefficient (Wildman–Crippen LogP) is 2.96. The SMILES string of the molecule is COc1cnc2c(Cc3ccc(F)c([C@@]4(C(F)F)N=C(N)O[C@@H]5C[C@@H]54)c3)nccc2n1. The van der Waals surface area contributed by atoms with Crippen molar-refractivity contribution in [2.75, 3.05) is 7.11 Å². The summed E-state index contributed by atoms with van der Waals surface area (Å²) in [6, 6.07) is 5.47. The number of hydrogen-bond acceptors (Lipinski definition) is 7. The van der Waals surface area contributed by atoms with E-state index in [1.807, 2.05) is 0 Å². The van der Waals surface area contributed by atoms with E-state index in [0.717, 1.165) is 0 Å². The second-order valence-corrected chi connectivity index (χ2v) is 7.60. The van der Waals surface area contributed by atoms with Crippen LogP contribution in [0.5, 0.6) is 5.88 Å². The Bertz CT molecular complexity index is 1200. The lowest BCUT2D eigenvalue weighted by molar-refractivity contribution is 0.0176. The minimum Gasteiger partial charge on any atom is -0.480 e. The van der Waals surface area contributed by atoms with Gasteiger partial charge in [-0.1, -0.05) is 6.07 Å². The quantitative estimate of drug-likeness (QED) is 0.670. The summed E-state index contributed by atoms with van der Waals surface area (Å²) in [5.74, 6) is -1.02. The Morgan fingerprint density at radius 1 is 1.29 bits per heavy atom. The van der Waals surface area contributed by atoms with Crippen molar-refractivity contribution in [1.29, 1.82) is 0 Å². The Morgan fingerprint density at radius 3 is 2.90 bits per heavy atom. The molecule has 0 saturated heterocycles. The zero-order chi connectivity index (χ0) is 21.8. The van der Waals surface area contributed by atoms with Crippen LogP contribution in [0.1, 0.15) is 23.2 Å². The number of nitrogens with two attached hydrogens (primary N) is 1. The summed E-state index contributed by atoms with van der Waals surface area (Å²) in [5, 5.41) is 0. The smallest absolute Gasteiger partial charge is 0.283 e. The number of aromatic nitrogens is 3. The van der Waals surface area contributed by atoms with Crippen LogP contribution in [0.3, 0.4) is 0 Å². The highest BCUT2D eigenvalue weighted by molar-refractivity contribution is 5.77. The number of aliphatic imine (C=N–C) groups is 1. The lowest BCUT2D eigenvalue weighted by atomic mass is 9.83. The number of ether oxygens (including phenoxy) is 2. The van der Waals surface area contributed by atoms with Crippen LogP contribution in [0.25, 0.3) is 11.0 Å². The largest absolute Gasteiger partial charge is 0.480 e. The molecule has 0 amide bonds. The lowest BCUT2D eigenvalue weighted by Crippen LogP contribution is -2.43. The molecular formula is C21H18F3N5O2. The molecule has 1 aliphatic carbocycles. The Morgan fingerprint density at radius 2 is 2.13 bits per heavy atom. The van der Waals surface area contributed by atoms with Gasteiger partial charge in [-0.15, -0.1) is 0 Å². The van der Waals surface area contributed by atoms with Gasteiger partial charge < -0.3 is 15.2 Å². The molecule has 0 spiro atoms. The first-order valence-corrected chi connectivity index (χ1v) is 9.66. The fourth-order valence-electron chi connectivity index (χ4n) is 4.19. The summed E-state index contributed by atoms with van der Waals surface area (Å²) >= 11 is 0. The summed E-state index contributed by atoms with van der Waals surface area (Å²) in [4.78, 5) is 17.0. The number of nitrogens with zero attached hydrogens (tertiary/aromatic N) is 4. The Kier molecular flexibility index (Phi) is 4.45. The fraction of sp³-hybridized carbons (Fsp3) is 0.333. The molecule has 3 heterocycles. The maximum absolute atomic E-state index is 14.8. The van der Waals surface area contributed by atoms with Crippen LogP contribution < -0.4 is 10.5 Å². The number of pyridine rings is 1. The van der Waals surface area contributed by atoms with E-state index in [-0.39, 0.29) is 18.0 Å². The van der Waals surface area contributed by atoms with Gasteiger partial charge in [0.05, 0.1) is 24.5 Å². The average Bonchev–Trinajstić information content (AvgIpc) is 3.53. The van der Waals surface area contributed by atoms with Gasteiger partial charge >= 0.3 is 0 Å². The molecule has 0 bridgehead atoms. The normalized spacial score (nSPS) is 24.5. The van der Waals surface area contributed by atoms with Crippen LogP contribution in [0, 0.1) is 11.7 Å². The molecule has 0 unspecified atom stereocenters. The van der Waals surface area contributed by atoms with Gasteiger partial charge in [-0.2, -0.15) is 0 Å². The van der Waals surface area contributed by atoms with Gasteiger partial charge in [-0.25, -0.2) is 28.1 Å². The maximum atomic E-state index is 14.8. The monoisotopic (exact) mass is 429 g/mol. The van der Waals surface area contributed by atoms with Crippen molar-refractivity contribution in [3.8, 4) is 5.88 Å². The van der Waals surface area contributed by atoms with Crippen LogP contribution >= 0.6 is 0 Å². The highest BCUT2D eigenvalue weighted by Crippen LogP contribution is 2.56. The number of hydrogen-bond donors (Lipinski definition) is 1. The molecule has 160 valence electrons. The molecule has 2 aromatic heterocycles. The summed E-state index contributed by atoms with van der Waals surface area (Å²) < 4.78 is 53.8. The molecule has 1 aliphatic heterocycles. The second-order valence-electron chi connectivity index (χ2n) is 7.60. The van der Waals surface area contributed by atoms with Crippen molar-refractivity contribution >= 4 is 17.1 Å². The van der Waals surface area contributed by atoms with Crippen molar-refractivity contribution in [3.63, 3.8) is 0 Å². The highest BCUT2D eigenvalue weighted by Gasteiger charge is 2.64. The summed E-state index contributed by atoms with van der Waals surface area (Å²) in [6.45, 7) is 0. The molecule has 1 fully saturated rings. The van der Waals surface area contributed by atoms with Gasteiger partial charge in [-0.3, -0.25) is 4.98 Å². The predicted molar refractivity (Wildman–Crippen MR) is 105 cm³/mol. The van der Waals surface area contributed by atoms with Crippen molar-refractivity contribution < 1.29 is 22.6 Å². The topological polar surface area (TPSA) is 95.5 Å². The van der Waals surface area contributed by atoms with Crippen LogP contribution in [0.15, 0.2) is 41.7 Å². The van der Waals surface area contributed by atoms with Crippen LogP contribution in [-0.2, 0) is 16.7 Å². The van der Waals surface area contributed by atoms with Crippen molar-refractivity contribution in [1.82, 2.24) is 15.0 Å². The van der Waals surface area contributed by atoms with Gasteiger partial charge in [0.15, 0.2) is 5.54 Å². The third-order valence-corrected chi connectivity index (χ3v) is 5.75. The molecule has 1 aromatic carbocycles. The van der Waals surface area contributed by atoms with Gasteiger partial charge in [-0.05, 0) is 30.2 Å². The lowest BCUT2D eigenvalue weighted by Gasteiger charge is -2.33. The number of alkyl halides is 2. The molecule has 31 heavy (non-hydrogen) atoms. The van der Waals surface area contributed by atoms with E-state index in [1.54, 1.807) is 12.3 Å². The second kappa shape index (κ2) is 7.07. The van der Waals surface area contributed by atoms with Gasteiger partial charge in [0.1, 0.15) is 17.4 Å². The highest BCUT2D eigenvalue weighted by atomic mass is 19.3. The number of rotatable bonds is 5. The maximum Gasteiger partial charge on any atom is 0.283 e. The Hall–Kier alpha value is -3.43. The number of benzene rings is 1. The summed E-state index contributed by atoms with van der Waals surface area (Å²) in [6.07, 6.45) is 0.232. The molecule has 3 aromatic rings. The minimum absolute atomic E-state index is 0.188. The third-order valence-electron chi connectivity index (χ3n) is 5.75. The molecule has 3 atom stereocenters. The van der Waals surface area contributed by atoms with Crippen LogP contribution in [0.4, 0.5) is 13.2 Å². The Balaban J connectivity index is 1.57. The molecular weight excluding hydrogens is 411 g/mol. The molecule has 2 aliphatic rings. The average molecular weight is 429 g/mol. The first-order chi connectivity index (χ1) is 14.9. The van der Waals surface area contributed by atoms with Gasteiger partial charge in [0.25, 0.3) is 12.4 Å². The van der Waals surface area contributed by atoms with Gasteiger partial charge in [0, 0.05) is 24.1 Å². The van der Waals surface area contributed by atoms with E-state index in [9.17, 15) is 13.2 Å². The number of fused-ring (bicyclic) bond motifs is 2. The summed E-state index contributed by atoms with van der Waals surface area (Å²) in [5.41, 5.74) is 5.69. The molecule has 2 N–H and O–H groups in total. The zero-order valence-electron chi connectivity index (χ0n) is 16.4. The third kappa shape index (κ3) is 3.13. The fourth-order valence-corrected chi connectivity index (χ4v) is 4.19. The van der Waals surface area contributed by atoms with Crippen LogP contribution in [-0.4, -0.2) is 40.6 Å². The van der Waals surface area contributed by atoms with E-state index >= 15 is 0 Å². The molecule has 0 radical (unpaired) electrons. The van der Waals surface area contributed by atoms with Crippen molar-refractivity contribution in [2.24, 2.45) is 16.6 Å². The number of amidine groups is 1. The Labute approximate surface area is 175 Å². The van der Waals surface area contributed by atoms with Crippen molar-refractivity contribution in [3.05, 3.63) is 59.3 Å². The standard InChI is InChI=1S/C21H18F3N5O2/c1-30-17-9-27-18-14(28-17)4-5-26-15(18)7-10-2-3-13(22)11(6-10)21(19(23)24)12-8-16(12)31-20(25)29-21/h2-6,9,12,16,19H,7-8H2,1H3,(H2,25,29)/t12-,16+,21+/m0/s1. The van der Waals surface area contributed by atoms with E-state index < -0.39 is 29.8 Å². The van der Waals surface area contributed by atoms with Gasteiger partial charge in [0.2, 0.25) is 5.88 Å². The molecule has 1 saturated carbocycles. The number of halogens is 3. The first kappa shape index (κ1) is 19.5. The van der Waals surface area contributed by atoms with E-state index in [4.69, 9.17) is 15.2 Å². The molecule has 5 rings (SSSR count). The first-order valence-electron chi connectivity index (χ1n) is 9.66. The zero-order valence-corrected chi connectivity index (χ0v) is 16.4.